The van der Waals surface area contributed by atoms with Crippen molar-refractivity contribution in [3.05, 3.63) is 34.4 Å². The fourth-order valence-electron chi connectivity index (χ4n) is 3.50. The zero-order chi connectivity index (χ0) is 16.9. The maximum atomic E-state index is 12.4. The van der Waals surface area contributed by atoms with Gasteiger partial charge in [-0.15, -0.1) is 0 Å². The highest BCUT2D eigenvalue weighted by Crippen LogP contribution is 2.21. The quantitative estimate of drug-likeness (QED) is 0.473. The molecule has 2 saturated heterocycles. The fourth-order valence-corrected chi connectivity index (χ4v) is 3.50. The van der Waals surface area contributed by atoms with Gasteiger partial charge in [0, 0.05) is 56.0 Å². The number of rotatable bonds is 6. The van der Waals surface area contributed by atoms with Gasteiger partial charge in [-0.05, 0) is 37.8 Å². The molecule has 1 aromatic carbocycles. The molecule has 130 valence electrons. The first-order valence-corrected chi connectivity index (χ1v) is 8.64. The van der Waals surface area contributed by atoms with E-state index in [4.69, 9.17) is 0 Å². The third-order valence-electron chi connectivity index (χ3n) is 4.85. The van der Waals surface area contributed by atoms with E-state index in [1.165, 1.54) is 25.0 Å². The summed E-state index contributed by atoms with van der Waals surface area (Å²) in [6.45, 7) is 2.38. The van der Waals surface area contributed by atoms with Gasteiger partial charge < -0.3 is 15.5 Å². The lowest BCUT2D eigenvalue weighted by Gasteiger charge is -2.24. The van der Waals surface area contributed by atoms with Gasteiger partial charge in [-0.3, -0.25) is 14.9 Å². The number of likely N-dealkylation sites (tertiary alicyclic amines) is 1. The molecule has 0 saturated carbocycles. The van der Waals surface area contributed by atoms with Crippen molar-refractivity contribution in [2.24, 2.45) is 0 Å². The molecule has 2 atom stereocenters. The van der Waals surface area contributed by atoms with Gasteiger partial charge in [0.05, 0.1) is 4.92 Å². The van der Waals surface area contributed by atoms with Crippen LogP contribution < -0.4 is 10.6 Å². The van der Waals surface area contributed by atoms with Crippen LogP contribution in [0.3, 0.4) is 0 Å². The van der Waals surface area contributed by atoms with Gasteiger partial charge in [0.25, 0.3) is 5.69 Å². The minimum atomic E-state index is -0.412. The van der Waals surface area contributed by atoms with Crippen molar-refractivity contribution in [2.45, 2.75) is 44.2 Å². The van der Waals surface area contributed by atoms with Crippen molar-refractivity contribution in [3.8, 4) is 0 Å². The van der Waals surface area contributed by atoms with Gasteiger partial charge in [-0.1, -0.05) is 0 Å². The Labute approximate surface area is 141 Å². The van der Waals surface area contributed by atoms with E-state index < -0.39 is 4.92 Å². The van der Waals surface area contributed by atoms with Gasteiger partial charge in [0.15, 0.2) is 0 Å². The molecular weight excluding hydrogens is 308 g/mol. The average molecular weight is 332 g/mol. The molecule has 2 unspecified atom stereocenters. The van der Waals surface area contributed by atoms with Gasteiger partial charge >= 0.3 is 0 Å². The van der Waals surface area contributed by atoms with E-state index in [0.717, 1.165) is 31.6 Å². The van der Waals surface area contributed by atoms with E-state index in [2.05, 4.69) is 10.6 Å². The van der Waals surface area contributed by atoms with Gasteiger partial charge in [0.2, 0.25) is 5.91 Å². The number of non-ortho nitro benzene ring substituents is 1. The summed E-state index contributed by atoms with van der Waals surface area (Å²) in [5.74, 6) is 0.231. The van der Waals surface area contributed by atoms with E-state index in [-0.39, 0.29) is 11.6 Å². The van der Waals surface area contributed by atoms with Crippen LogP contribution in [-0.4, -0.2) is 47.4 Å². The number of nitro groups is 1. The third-order valence-corrected chi connectivity index (χ3v) is 4.85. The van der Waals surface area contributed by atoms with Crippen LogP contribution in [0.15, 0.2) is 24.3 Å². The van der Waals surface area contributed by atoms with E-state index in [9.17, 15) is 14.9 Å². The number of benzene rings is 1. The predicted molar refractivity (Wildman–Crippen MR) is 92.0 cm³/mol. The van der Waals surface area contributed by atoms with Crippen LogP contribution in [0.25, 0.3) is 0 Å². The molecule has 2 aliphatic rings. The number of nitro benzene ring substituents is 1. The van der Waals surface area contributed by atoms with Crippen LogP contribution in [0.2, 0.25) is 0 Å². The highest BCUT2D eigenvalue weighted by atomic mass is 16.6. The lowest BCUT2D eigenvalue weighted by molar-refractivity contribution is -0.384. The van der Waals surface area contributed by atoms with Crippen LogP contribution in [0.4, 0.5) is 11.4 Å². The molecule has 0 aliphatic carbocycles. The van der Waals surface area contributed by atoms with E-state index >= 15 is 0 Å². The minimum Gasteiger partial charge on any atom is -0.385 e. The van der Waals surface area contributed by atoms with Gasteiger partial charge in [-0.2, -0.15) is 0 Å². The summed E-state index contributed by atoms with van der Waals surface area (Å²) in [4.78, 5) is 24.6. The Bertz CT molecular complexity index is 590. The number of hydrogen-bond acceptors (Lipinski definition) is 5. The average Bonchev–Trinajstić information content (AvgIpc) is 2.90. The standard InChI is InChI=1S/C17H24N4O3/c22-17(20-11-9-14-3-4-15(12-20)19-14)2-1-10-18-13-5-7-16(8-6-13)21(23)24/h5-8,14-15,18-19H,1-4,9-12H2. The van der Waals surface area contributed by atoms with Crippen molar-refractivity contribution < 1.29 is 9.72 Å². The smallest absolute Gasteiger partial charge is 0.269 e. The number of carbonyl (C=O) groups is 1. The van der Waals surface area contributed by atoms with Crippen molar-refractivity contribution in [1.82, 2.24) is 10.2 Å². The summed E-state index contributed by atoms with van der Waals surface area (Å²) in [7, 11) is 0. The highest BCUT2D eigenvalue weighted by molar-refractivity contribution is 5.76. The van der Waals surface area contributed by atoms with Crippen LogP contribution >= 0.6 is 0 Å². The van der Waals surface area contributed by atoms with Crippen LogP contribution in [-0.2, 0) is 4.79 Å². The molecule has 2 N–H and O–H groups in total. The molecule has 2 fully saturated rings. The second-order valence-corrected chi connectivity index (χ2v) is 6.60. The molecule has 7 heteroatoms. The molecule has 2 heterocycles. The summed E-state index contributed by atoms with van der Waals surface area (Å²) >= 11 is 0. The molecule has 24 heavy (non-hydrogen) atoms. The number of fused-ring (bicyclic) bond motifs is 2. The van der Waals surface area contributed by atoms with Crippen molar-refractivity contribution in [2.75, 3.05) is 25.0 Å². The Morgan fingerprint density at radius 3 is 2.75 bits per heavy atom. The second-order valence-electron chi connectivity index (χ2n) is 6.60. The molecular formula is C17H24N4O3. The van der Waals surface area contributed by atoms with E-state index in [1.807, 2.05) is 4.90 Å². The Morgan fingerprint density at radius 1 is 1.25 bits per heavy atom. The topological polar surface area (TPSA) is 87.5 Å². The van der Waals surface area contributed by atoms with Crippen LogP contribution in [0.1, 0.15) is 32.1 Å². The zero-order valence-corrected chi connectivity index (χ0v) is 13.7. The minimum absolute atomic E-state index is 0.0831. The molecule has 0 radical (unpaired) electrons. The number of anilines is 1. The number of carbonyl (C=O) groups excluding carboxylic acids is 1. The summed E-state index contributed by atoms with van der Waals surface area (Å²) in [6.07, 6.45) is 4.77. The number of hydrogen-bond donors (Lipinski definition) is 2. The first-order valence-electron chi connectivity index (χ1n) is 8.64. The summed E-state index contributed by atoms with van der Waals surface area (Å²) < 4.78 is 0. The SMILES string of the molecule is O=C(CCCNc1ccc([N+](=O)[O-])cc1)N1CCC2CCC(C1)N2. The van der Waals surface area contributed by atoms with Crippen molar-refractivity contribution >= 4 is 17.3 Å². The van der Waals surface area contributed by atoms with Crippen LogP contribution in [0, 0.1) is 10.1 Å². The molecule has 2 bridgehead atoms. The Kier molecular flexibility index (Phi) is 5.30. The van der Waals surface area contributed by atoms with Gasteiger partial charge in [-0.25, -0.2) is 0 Å². The van der Waals surface area contributed by atoms with Crippen molar-refractivity contribution in [3.63, 3.8) is 0 Å². The van der Waals surface area contributed by atoms with Crippen molar-refractivity contribution in [1.29, 1.82) is 0 Å². The summed E-state index contributed by atoms with van der Waals surface area (Å²) in [6, 6.07) is 7.41. The molecule has 1 aromatic rings. The predicted octanol–water partition coefficient (Wildman–Crippen LogP) is 2.14. The van der Waals surface area contributed by atoms with Crippen LogP contribution in [0.5, 0.6) is 0 Å². The third kappa shape index (κ3) is 4.23. The normalized spacial score (nSPS) is 22.9. The molecule has 0 spiro atoms. The maximum absolute atomic E-state index is 12.4. The largest absolute Gasteiger partial charge is 0.385 e. The molecule has 0 aromatic heterocycles. The zero-order valence-electron chi connectivity index (χ0n) is 13.7. The molecule has 3 rings (SSSR count). The van der Waals surface area contributed by atoms with E-state index in [0.29, 0.717) is 25.0 Å². The lowest BCUT2D eigenvalue weighted by atomic mass is 10.1. The molecule has 2 aliphatic heterocycles. The first-order chi connectivity index (χ1) is 11.6. The monoisotopic (exact) mass is 332 g/mol. The Balaban J connectivity index is 1.38. The highest BCUT2D eigenvalue weighted by Gasteiger charge is 2.30. The maximum Gasteiger partial charge on any atom is 0.269 e. The van der Waals surface area contributed by atoms with Gasteiger partial charge in [0.1, 0.15) is 0 Å². The lowest BCUT2D eigenvalue weighted by Crippen LogP contribution is -2.39. The second kappa shape index (κ2) is 7.61. The Morgan fingerprint density at radius 2 is 2.00 bits per heavy atom. The number of nitrogens with one attached hydrogen (secondary N) is 2. The Hall–Kier alpha value is -2.15. The van der Waals surface area contributed by atoms with E-state index in [1.54, 1.807) is 12.1 Å². The molecule has 1 amide bonds. The fraction of sp³-hybridized carbons (Fsp3) is 0.588. The first kappa shape index (κ1) is 16.7. The molecule has 7 nitrogen and oxygen atoms in total. The summed E-state index contributed by atoms with van der Waals surface area (Å²) in [5, 5.41) is 17.4. The number of nitrogens with zero attached hydrogens (tertiary/aromatic N) is 2. The summed E-state index contributed by atoms with van der Waals surface area (Å²) in [5.41, 5.74) is 0.920. The number of amides is 1.